The van der Waals surface area contributed by atoms with Crippen LogP contribution >= 0.6 is 0 Å². The minimum Gasteiger partial charge on any atom is -0.481 e. The number of nitrogens with one attached hydrogen (secondary N) is 1. The summed E-state index contributed by atoms with van der Waals surface area (Å²) in [5.41, 5.74) is 0. The van der Waals surface area contributed by atoms with Crippen molar-refractivity contribution in [3.8, 4) is 0 Å². The predicted octanol–water partition coefficient (Wildman–Crippen LogP) is 1.25. The van der Waals surface area contributed by atoms with Gasteiger partial charge in [0.25, 0.3) is 0 Å². The Hall–Kier alpha value is -1.85. The molecular formula is C12H17N3O3. The fraction of sp³-hybridized carbons (Fsp3) is 0.583. The monoisotopic (exact) mass is 251 g/mol. The van der Waals surface area contributed by atoms with Crippen molar-refractivity contribution in [3.05, 3.63) is 12.3 Å². The molecule has 2 N–H and O–H groups in total. The number of carboxylic acids is 1. The normalized spacial score (nSPS) is 23.6. The number of anilines is 1. The number of aliphatic carboxylic acids is 1. The Kier molecular flexibility index (Phi) is 3.64. The van der Waals surface area contributed by atoms with E-state index in [0.717, 1.165) is 12.8 Å². The van der Waals surface area contributed by atoms with E-state index in [-0.39, 0.29) is 11.8 Å². The second kappa shape index (κ2) is 5.20. The van der Waals surface area contributed by atoms with E-state index in [1.165, 1.54) is 0 Å². The maximum atomic E-state index is 12.0. The van der Waals surface area contributed by atoms with Gasteiger partial charge in [0.2, 0.25) is 5.91 Å². The first-order chi connectivity index (χ1) is 8.56. The standard InChI is InChI=1S/C12H17N3O3/c1-15-6-5-10(14-15)13-11(16)8-3-2-4-9(7-8)12(17)18/h5-6,8-9H,2-4,7H2,1H3,(H,17,18)(H,13,14,16)/t8-,9-/m1/s1. The maximum Gasteiger partial charge on any atom is 0.306 e. The summed E-state index contributed by atoms with van der Waals surface area (Å²) in [4.78, 5) is 22.9. The molecular weight excluding hydrogens is 234 g/mol. The van der Waals surface area contributed by atoms with Crippen LogP contribution in [0.3, 0.4) is 0 Å². The van der Waals surface area contributed by atoms with E-state index in [9.17, 15) is 9.59 Å². The van der Waals surface area contributed by atoms with Gasteiger partial charge in [-0.3, -0.25) is 14.3 Å². The van der Waals surface area contributed by atoms with Crippen molar-refractivity contribution in [1.82, 2.24) is 9.78 Å². The molecule has 1 saturated carbocycles. The SMILES string of the molecule is Cn1ccc(NC(=O)[C@@H]2CCC[C@@H](C(=O)O)C2)n1. The zero-order chi connectivity index (χ0) is 13.1. The predicted molar refractivity (Wildman–Crippen MR) is 64.9 cm³/mol. The van der Waals surface area contributed by atoms with Crippen molar-refractivity contribution in [2.75, 3.05) is 5.32 Å². The van der Waals surface area contributed by atoms with Gasteiger partial charge >= 0.3 is 5.97 Å². The van der Waals surface area contributed by atoms with E-state index in [1.54, 1.807) is 24.0 Å². The Bertz CT molecular complexity index is 455. The van der Waals surface area contributed by atoms with Crippen LogP contribution in [-0.4, -0.2) is 26.8 Å². The first kappa shape index (κ1) is 12.6. The van der Waals surface area contributed by atoms with Crippen LogP contribution < -0.4 is 5.32 Å². The van der Waals surface area contributed by atoms with E-state index < -0.39 is 11.9 Å². The molecule has 0 unspecified atom stereocenters. The van der Waals surface area contributed by atoms with E-state index in [0.29, 0.717) is 18.7 Å². The number of hydrogen-bond acceptors (Lipinski definition) is 3. The molecule has 0 aliphatic heterocycles. The van der Waals surface area contributed by atoms with Crippen LogP contribution in [0, 0.1) is 11.8 Å². The Morgan fingerprint density at radius 3 is 2.78 bits per heavy atom. The molecule has 0 radical (unpaired) electrons. The Morgan fingerprint density at radius 2 is 2.17 bits per heavy atom. The molecule has 2 rings (SSSR count). The number of aromatic nitrogens is 2. The number of carbonyl (C=O) groups excluding carboxylic acids is 1. The zero-order valence-electron chi connectivity index (χ0n) is 10.3. The van der Waals surface area contributed by atoms with E-state index in [1.807, 2.05) is 0 Å². The fourth-order valence-electron chi connectivity index (χ4n) is 2.36. The largest absolute Gasteiger partial charge is 0.481 e. The zero-order valence-corrected chi connectivity index (χ0v) is 10.3. The van der Waals surface area contributed by atoms with Gasteiger partial charge in [0, 0.05) is 25.2 Å². The average Bonchev–Trinajstić information content (AvgIpc) is 2.75. The molecule has 6 heteroatoms. The number of rotatable bonds is 3. The minimum absolute atomic E-state index is 0.125. The number of amides is 1. The summed E-state index contributed by atoms with van der Waals surface area (Å²) in [5.74, 6) is -1.02. The van der Waals surface area contributed by atoms with Gasteiger partial charge in [0.05, 0.1) is 5.92 Å². The van der Waals surface area contributed by atoms with Crippen molar-refractivity contribution in [1.29, 1.82) is 0 Å². The molecule has 98 valence electrons. The van der Waals surface area contributed by atoms with Gasteiger partial charge in [-0.2, -0.15) is 5.10 Å². The van der Waals surface area contributed by atoms with Gasteiger partial charge in [0.15, 0.2) is 5.82 Å². The van der Waals surface area contributed by atoms with Gasteiger partial charge < -0.3 is 10.4 Å². The van der Waals surface area contributed by atoms with Crippen LogP contribution in [0.2, 0.25) is 0 Å². The number of hydrogen-bond donors (Lipinski definition) is 2. The first-order valence-corrected chi connectivity index (χ1v) is 6.09. The molecule has 1 aliphatic carbocycles. The highest BCUT2D eigenvalue weighted by atomic mass is 16.4. The van der Waals surface area contributed by atoms with Gasteiger partial charge in [0.1, 0.15) is 0 Å². The lowest BCUT2D eigenvalue weighted by Crippen LogP contribution is -2.31. The van der Waals surface area contributed by atoms with Gasteiger partial charge in [-0.05, 0) is 19.3 Å². The molecule has 0 bridgehead atoms. The summed E-state index contributed by atoms with van der Waals surface area (Å²) in [6.45, 7) is 0. The third-order valence-corrected chi connectivity index (χ3v) is 3.36. The molecule has 0 saturated heterocycles. The molecule has 1 aliphatic rings. The summed E-state index contributed by atoms with van der Waals surface area (Å²) in [6, 6.07) is 1.72. The summed E-state index contributed by atoms with van der Waals surface area (Å²) in [5, 5.41) is 15.8. The van der Waals surface area contributed by atoms with Crippen LogP contribution in [0.5, 0.6) is 0 Å². The second-order valence-corrected chi connectivity index (χ2v) is 4.76. The number of carbonyl (C=O) groups is 2. The molecule has 6 nitrogen and oxygen atoms in total. The molecule has 1 fully saturated rings. The molecule has 0 spiro atoms. The first-order valence-electron chi connectivity index (χ1n) is 6.09. The lowest BCUT2D eigenvalue weighted by Gasteiger charge is -2.25. The molecule has 1 heterocycles. The van der Waals surface area contributed by atoms with E-state index in [4.69, 9.17) is 5.11 Å². The fourth-order valence-corrected chi connectivity index (χ4v) is 2.36. The Balaban J connectivity index is 1.94. The Morgan fingerprint density at radius 1 is 1.44 bits per heavy atom. The van der Waals surface area contributed by atoms with Crippen molar-refractivity contribution >= 4 is 17.7 Å². The van der Waals surface area contributed by atoms with Crippen molar-refractivity contribution in [2.24, 2.45) is 18.9 Å². The quantitative estimate of drug-likeness (QED) is 0.846. The Labute approximate surface area is 105 Å². The molecule has 18 heavy (non-hydrogen) atoms. The van der Waals surface area contributed by atoms with Crippen LogP contribution in [0.4, 0.5) is 5.82 Å². The second-order valence-electron chi connectivity index (χ2n) is 4.76. The lowest BCUT2D eigenvalue weighted by atomic mass is 9.81. The van der Waals surface area contributed by atoms with E-state index in [2.05, 4.69) is 10.4 Å². The molecule has 1 aromatic heterocycles. The van der Waals surface area contributed by atoms with Gasteiger partial charge in [-0.1, -0.05) is 6.42 Å². The highest BCUT2D eigenvalue weighted by Crippen LogP contribution is 2.29. The van der Waals surface area contributed by atoms with Gasteiger partial charge in [-0.15, -0.1) is 0 Å². The van der Waals surface area contributed by atoms with Crippen molar-refractivity contribution in [2.45, 2.75) is 25.7 Å². The number of carboxylic acid groups (broad SMARTS) is 1. The molecule has 1 aromatic rings. The third-order valence-electron chi connectivity index (χ3n) is 3.36. The van der Waals surface area contributed by atoms with Crippen LogP contribution in [0.25, 0.3) is 0 Å². The molecule has 0 aromatic carbocycles. The topological polar surface area (TPSA) is 84.2 Å². The van der Waals surface area contributed by atoms with Crippen LogP contribution in [0.1, 0.15) is 25.7 Å². The highest BCUT2D eigenvalue weighted by Gasteiger charge is 2.31. The number of aryl methyl sites for hydroxylation is 1. The van der Waals surface area contributed by atoms with E-state index >= 15 is 0 Å². The molecule has 1 amide bonds. The van der Waals surface area contributed by atoms with Crippen molar-refractivity contribution in [3.63, 3.8) is 0 Å². The summed E-state index contributed by atoms with van der Waals surface area (Å²) < 4.78 is 1.61. The number of nitrogens with zero attached hydrogens (tertiary/aromatic N) is 2. The lowest BCUT2D eigenvalue weighted by molar-refractivity contribution is -0.143. The minimum atomic E-state index is -0.801. The summed E-state index contributed by atoms with van der Waals surface area (Å²) in [7, 11) is 1.77. The van der Waals surface area contributed by atoms with Crippen LogP contribution in [-0.2, 0) is 16.6 Å². The van der Waals surface area contributed by atoms with Gasteiger partial charge in [-0.25, -0.2) is 0 Å². The van der Waals surface area contributed by atoms with Crippen molar-refractivity contribution < 1.29 is 14.7 Å². The maximum absolute atomic E-state index is 12.0. The third kappa shape index (κ3) is 2.88. The summed E-state index contributed by atoms with van der Waals surface area (Å²) in [6.07, 6.45) is 4.38. The average molecular weight is 251 g/mol. The molecule has 2 atom stereocenters. The summed E-state index contributed by atoms with van der Waals surface area (Å²) >= 11 is 0. The highest BCUT2D eigenvalue weighted by molar-refractivity contribution is 5.92. The smallest absolute Gasteiger partial charge is 0.306 e. The van der Waals surface area contributed by atoms with Crippen LogP contribution in [0.15, 0.2) is 12.3 Å².